The Hall–Kier alpha value is -1.96. The fraction of sp³-hybridized carbons (Fsp3) is 0.333. The van der Waals surface area contributed by atoms with Crippen LogP contribution in [0.15, 0.2) is 55.5 Å². The van der Waals surface area contributed by atoms with Crippen LogP contribution in [0.2, 0.25) is 0 Å². The minimum atomic E-state index is -0.361. The number of carbonyl (C=O) groups excluding carboxylic acids is 1. The summed E-state index contributed by atoms with van der Waals surface area (Å²) < 4.78 is 6.48. The number of hydrogen-bond donors (Lipinski definition) is 1. The fourth-order valence-electron chi connectivity index (χ4n) is 3.64. The molecule has 5 nitrogen and oxygen atoms in total. The van der Waals surface area contributed by atoms with Gasteiger partial charge in [-0.05, 0) is 55.6 Å². The zero-order valence-corrected chi connectivity index (χ0v) is 17.7. The van der Waals surface area contributed by atoms with Crippen LogP contribution in [0.3, 0.4) is 0 Å². The molecule has 0 saturated carbocycles. The van der Waals surface area contributed by atoms with Crippen LogP contribution in [0.5, 0.6) is 0 Å². The van der Waals surface area contributed by atoms with E-state index >= 15 is 0 Å². The van der Waals surface area contributed by atoms with E-state index < -0.39 is 0 Å². The Labute approximate surface area is 175 Å². The van der Waals surface area contributed by atoms with E-state index in [0.717, 1.165) is 17.6 Å². The van der Waals surface area contributed by atoms with Gasteiger partial charge in [-0.15, -0.1) is 11.3 Å². The van der Waals surface area contributed by atoms with Crippen molar-refractivity contribution >= 4 is 44.1 Å². The fourth-order valence-corrected chi connectivity index (χ4v) is 4.86. The first-order valence-electron chi connectivity index (χ1n) is 9.41. The van der Waals surface area contributed by atoms with Gasteiger partial charge >= 0.3 is 0 Å². The van der Waals surface area contributed by atoms with Crippen molar-refractivity contribution in [1.29, 1.82) is 0 Å². The highest BCUT2D eigenvalue weighted by Crippen LogP contribution is 2.27. The van der Waals surface area contributed by atoms with Gasteiger partial charge in [0.05, 0.1) is 11.4 Å². The van der Waals surface area contributed by atoms with E-state index in [2.05, 4.69) is 37.6 Å². The molecule has 3 heterocycles. The maximum Gasteiger partial charge on any atom is 0.287 e. The van der Waals surface area contributed by atoms with Gasteiger partial charge in [0.25, 0.3) is 5.91 Å². The number of nitrogens with zero attached hydrogens (tertiary/aromatic N) is 1. The summed E-state index contributed by atoms with van der Waals surface area (Å²) in [6.45, 7) is 2.57. The quantitative estimate of drug-likeness (QED) is 0.605. The molecule has 0 spiro atoms. The topological polar surface area (TPSA) is 62.6 Å². The van der Waals surface area contributed by atoms with Crippen LogP contribution in [0, 0.1) is 0 Å². The second kappa shape index (κ2) is 8.59. The van der Waals surface area contributed by atoms with Crippen LogP contribution in [0.25, 0.3) is 11.0 Å². The number of benzene rings is 1. The summed E-state index contributed by atoms with van der Waals surface area (Å²) in [4.78, 5) is 28.7. The number of piperidine rings is 1. The highest BCUT2D eigenvalue weighted by atomic mass is 79.9. The Bertz CT molecular complexity index is 1030. The van der Waals surface area contributed by atoms with E-state index in [-0.39, 0.29) is 23.1 Å². The van der Waals surface area contributed by atoms with Crippen molar-refractivity contribution in [3.05, 3.63) is 67.1 Å². The molecular formula is C21H21BrN2O3S. The lowest BCUT2D eigenvalue weighted by atomic mass is 10.1. The first kappa shape index (κ1) is 19.4. The molecule has 0 unspecified atom stereocenters. The second-order valence-corrected chi connectivity index (χ2v) is 8.85. The molecule has 3 aromatic rings. The van der Waals surface area contributed by atoms with Crippen molar-refractivity contribution in [1.82, 2.24) is 10.2 Å². The third-order valence-corrected chi connectivity index (χ3v) is 6.54. The smallest absolute Gasteiger partial charge is 0.287 e. The molecule has 1 N–H and O–H groups in total. The second-order valence-electron chi connectivity index (χ2n) is 6.95. The molecule has 7 heteroatoms. The predicted molar refractivity (Wildman–Crippen MR) is 115 cm³/mol. The van der Waals surface area contributed by atoms with Crippen LogP contribution in [-0.4, -0.2) is 30.4 Å². The van der Waals surface area contributed by atoms with Gasteiger partial charge in [-0.25, -0.2) is 0 Å². The number of thiophene rings is 1. The highest BCUT2D eigenvalue weighted by molar-refractivity contribution is 9.10. The molecule has 1 fully saturated rings. The molecule has 1 aromatic carbocycles. The molecule has 1 aliphatic rings. The van der Waals surface area contributed by atoms with Gasteiger partial charge < -0.3 is 9.73 Å². The molecule has 2 aromatic heterocycles. The predicted octanol–water partition coefficient (Wildman–Crippen LogP) is 4.57. The zero-order chi connectivity index (χ0) is 19.5. The first-order chi connectivity index (χ1) is 13.6. The van der Waals surface area contributed by atoms with E-state index in [4.69, 9.17) is 4.42 Å². The normalized spacial score (nSPS) is 16.2. The number of fused-ring (bicyclic) bond motifs is 1. The monoisotopic (exact) mass is 460 g/mol. The van der Waals surface area contributed by atoms with Gasteiger partial charge in [0, 0.05) is 22.0 Å². The van der Waals surface area contributed by atoms with Crippen LogP contribution < -0.4 is 10.7 Å². The number of carbonyl (C=O) groups is 1. The van der Waals surface area contributed by atoms with E-state index in [0.29, 0.717) is 17.5 Å². The lowest BCUT2D eigenvalue weighted by Gasteiger charge is -2.34. The number of hydrogen-bond acceptors (Lipinski definition) is 5. The van der Waals surface area contributed by atoms with Crippen molar-refractivity contribution in [3.8, 4) is 0 Å². The van der Waals surface area contributed by atoms with Gasteiger partial charge in [-0.3, -0.25) is 14.5 Å². The maximum atomic E-state index is 12.7. The summed E-state index contributed by atoms with van der Waals surface area (Å²) in [6, 6.07) is 10.8. The molecule has 4 rings (SSSR count). The lowest BCUT2D eigenvalue weighted by molar-refractivity contribution is 0.0899. The average molecular weight is 461 g/mol. The van der Waals surface area contributed by atoms with Gasteiger partial charge in [0.1, 0.15) is 5.58 Å². The minimum absolute atomic E-state index is 0.0448. The van der Waals surface area contributed by atoms with Crippen molar-refractivity contribution in [2.75, 3.05) is 19.6 Å². The number of rotatable bonds is 5. The lowest BCUT2D eigenvalue weighted by Crippen LogP contribution is -2.40. The largest absolute Gasteiger partial charge is 0.451 e. The standard InChI is InChI=1S/C21H21BrN2O3S/c22-14-6-7-18-15(11-14)17(25)12-19(27-18)21(26)23-13-16(20-5-4-10-28-20)24-8-2-1-3-9-24/h4-7,10-12,16H,1-3,8-9,13H2,(H,23,26)/t16-/m1/s1. The Balaban J connectivity index is 1.53. The number of likely N-dealkylation sites (tertiary alicyclic amines) is 1. The Morgan fingerprint density at radius 3 is 2.79 bits per heavy atom. The van der Waals surface area contributed by atoms with Gasteiger partial charge in [0.2, 0.25) is 0 Å². The molecule has 1 aliphatic heterocycles. The highest BCUT2D eigenvalue weighted by Gasteiger charge is 2.24. The van der Waals surface area contributed by atoms with Crippen molar-refractivity contribution in [2.45, 2.75) is 25.3 Å². The molecule has 1 saturated heterocycles. The summed E-state index contributed by atoms with van der Waals surface area (Å²) in [5, 5.41) is 5.49. The van der Waals surface area contributed by atoms with Gasteiger partial charge in [-0.1, -0.05) is 28.4 Å². The average Bonchev–Trinajstić information content (AvgIpc) is 3.24. The summed E-state index contributed by atoms with van der Waals surface area (Å²) in [5.74, 6) is -0.316. The first-order valence-corrected chi connectivity index (χ1v) is 11.1. The Morgan fingerprint density at radius 2 is 2.04 bits per heavy atom. The number of amides is 1. The Kier molecular flexibility index (Phi) is 5.94. The van der Waals surface area contributed by atoms with E-state index in [1.165, 1.54) is 30.2 Å². The molecule has 146 valence electrons. The molecule has 0 aliphatic carbocycles. The van der Waals surface area contributed by atoms with Crippen LogP contribution in [-0.2, 0) is 0 Å². The van der Waals surface area contributed by atoms with Crippen LogP contribution in [0.4, 0.5) is 0 Å². The number of halogens is 1. The SMILES string of the molecule is O=C(NC[C@H](c1cccs1)N1CCCCC1)c1cc(=O)c2cc(Br)ccc2o1. The van der Waals surface area contributed by atoms with Gasteiger partial charge in [0.15, 0.2) is 11.2 Å². The van der Waals surface area contributed by atoms with Gasteiger partial charge in [-0.2, -0.15) is 0 Å². The van der Waals surface area contributed by atoms with Crippen molar-refractivity contribution in [3.63, 3.8) is 0 Å². The molecule has 0 radical (unpaired) electrons. The summed E-state index contributed by atoms with van der Waals surface area (Å²) >= 11 is 5.05. The third-order valence-electron chi connectivity index (χ3n) is 5.07. The summed E-state index contributed by atoms with van der Waals surface area (Å²) in [5.41, 5.74) is 0.185. The van der Waals surface area contributed by atoms with E-state index in [1.54, 1.807) is 29.5 Å². The zero-order valence-electron chi connectivity index (χ0n) is 15.3. The summed E-state index contributed by atoms with van der Waals surface area (Å²) in [7, 11) is 0. The van der Waals surface area contributed by atoms with E-state index in [9.17, 15) is 9.59 Å². The van der Waals surface area contributed by atoms with E-state index in [1.807, 2.05) is 6.07 Å². The van der Waals surface area contributed by atoms with Crippen molar-refractivity contribution < 1.29 is 9.21 Å². The number of nitrogens with one attached hydrogen (secondary N) is 1. The van der Waals surface area contributed by atoms with Crippen LogP contribution in [0.1, 0.15) is 40.7 Å². The molecule has 0 bridgehead atoms. The summed E-state index contributed by atoms with van der Waals surface area (Å²) in [6.07, 6.45) is 3.63. The molecule has 1 atom stereocenters. The third kappa shape index (κ3) is 4.21. The van der Waals surface area contributed by atoms with Crippen LogP contribution >= 0.6 is 27.3 Å². The molecule has 28 heavy (non-hydrogen) atoms. The maximum absolute atomic E-state index is 12.7. The molecular weight excluding hydrogens is 440 g/mol. The molecule has 1 amide bonds. The minimum Gasteiger partial charge on any atom is -0.451 e. The Morgan fingerprint density at radius 1 is 1.21 bits per heavy atom. The van der Waals surface area contributed by atoms with Crippen molar-refractivity contribution in [2.24, 2.45) is 0 Å².